The topological polar surface area (TPSA) is 132 Å². The lowest BCUT2D eigenvalue weighted by atomic mass is 9.76. The number of rotatable bonds is 19. The molecule has 0 fully saturated rings. The number of methoxy groups -OCH3 is 1. The minimum absolute atomic E-state index is 0.0210. The lowest BCUT2D eigenvalue weighted by molar-refractivity contribution is -0.102. The summed E-state index contributed by atoms with van der Waals surface area (Å²) in [5.74, 6) is 1.28. The van der Waals surface area contributed by atoms with E-state index < -0.39 is 33.5 Å². The van der Waals surface area contributed by atoms with Gasteiger partial charge in [0, 0.05) is 28.9 Å². The van der Waals surface area contributed by atoms with E-state index in [1.54, 1.807) is 44.2 Å². The van der Waals surface area contributed by atoms with Crippen molar-refractivity contribution in [2.24, 2.45) is 17.3 Å². The van der Waals surface area contributed by atoms with Crippen molar-refractivity contribution in [2.75, 3.05) is 33.4 Å². The van der Waals surface area contributed by atoms with Gasteiger partial charge in [0.15, 0.2) is 0 Å². The Hall–Kier alpha value is -3.91. The van der Waals surface area contributed by atoms with Crippen molar-refractivity contribution in [1.29, 1.82) is 0 Å². The molecule has 0 spiro atoms. The molecule has 1 amide bonds. The molecule has 13 heteroatoms. The first kappa shape index (κ1) is 50.1. The van der Waals surface area contributed by atoms with Gasteiger partial charge in [-0.05, 0) is 162 Å². The molecule has 0 radical (unpaired) electrons. The quantitative estimate of drug-likeness (QED) is 0.0922. The van der Waals surface area contributed by atoms with Gasteiger partial charge in [-0.15, -0.1) is 11.3 Å². The van der Waals surface area contributed by atoms with Gasteiger partial charge in [-0.2, -0.15) is 4.31 Å². The highest BCUT2D eigenvalue weighted by molar-refractivity contribution is 7.89. The molecule has 0 saturated heterocycles. The standard InChI is InChI=1S/C50H72N2O9S2/c1-33(2)30-51(63(56,57)40-22-20-38(58-12)21-23-40)27-25-37(52(50(10,11)55)47(54)61-48(5,6)7)28-35-16-18-39(19-17-35)59-32-36-14-13-15-41(36)45-44(46(53)60-31-34(3)4)42-29-49(8,9)26-24-43(42)62-45/h16-23,33-34,37,55H,13-15,24-32H2,1-12H3/t37-/m1/s1. The lowest BCUT2D eigenvalue weighted by Crippen LogP contribution is -2.56. The zero-order chi connectivity index (χ0) is 46.5. The molecule has 2 aromatic carbocycles. The highest BCUT2D eigenvalue weighted by Crippen LogP contribution is 2.47. The molecule has 1 aromatic heterocycles. The summed E-state index contributed by atoms with van der Waals surface area (Å²) in [7, 11) is -2.39. The first-order valence-electron chi connectivity index (χ1n) is 22.5. The second-order valence-electron chi connectivity index (χ2n) is 20.3. The molecule has 0 unspecified atom stereocenters. The van der Waals surface area contributed by atoms with Crippen molar-refractivity contribution in [3.63, 3.8) is 0 Å². The summed E-state index contributed by atoms with van der Waals surface area (Å²) in [5.41, 5.74) is 2.85. The Balaban J connectivity index is 1.40. The third-order valence-electron chi connectivity index (χ3n) is 11.5. The summed E-state index contributed by atoms with van der Waals surface area (Å²) in [6, 6.07) is 13.4. The van der Waals surface area contributed by atoms with Gasteiger partial charge < -0.3 is 24.1 Å². The summed E-state index contributed by atoms with van der Waals surface area (Å²) >= 11 is 1.76. The number of thiophene rings is 1. The zero-order valence-electron chi connectivity index (χ0n) is 39.8. The molecular formula is C50H72N2O9S2. The van der Waals surface area contributed by atoms with Crippen LogP contribution in [0.5, 0.6) is 11.5 Å². The molecule has 348 valence electrons. The van der Waals surface area contributed by atoms with Crippen molar-refractivity contribution in [1.82, 2.24) is 9.21 Å². The summed E-state index contributed by atoms with van der Waals surface area (Å²) in [6.45, 7) is 22.1. The third kappa shape index (κ3) is 13.3. The van der Waals surface area contributed by atoms with Crippen LogP contribution in [0.4, 0.5) is 4.79 Å². The van der Waals surface area contributed by atoms with Crippen LogP contribution in [0.2, 0.25) is 0 Å². The van der Waals surface area contributed by atoms with Crippen molar-refractivity contribution in [2.45, 2.75) is 150 Å². The third-order valence-corrected chi connectivity index (χ3v) is 14.7. The van der Waals surface area contributed by atoms with E-state index in [1.165, 1.54) is 58.3 Å². The van der Waals surface area contributed by atoms with Crippen molar-refractivity contribution in [3.8, 4) is 11.5 Å². The molecule has 3 aromatic rings. The van der Waals surface area contributed by atoms with Gasteiger partial charge in [-0.25, -0.2) is 18.0 Å². The average molecular weight is 909 g/mol. The number of ether oxygens (including phenoxy) is 4. The first-order chi connectivity index (χ1) is 29.4. The number of benzene rings is 2. The van der Waals surface area contributed by atoms with E-state index in [4.69, 9.17) is 18.9 Å². The maximum Gasteiger partial charge on any atom is 0.412 e. The second kappa shape index (κ2) is 20.5. The number of hydrogen-bond acceptors (Lipinski definition) is 10. The Bertz CT molecular complexity index is 2180. The van der Waals surface area contributed by atoms with Crippen LogP contribution in [-0.2, 0) is 38.8 Å². The molecule has 1 atom stereocenters. The molecule has 11 nitrogen and oxygen atoms in total. The molecule has 1 heterocycles. The molecule has 2 aliphatic carbocycles. The fraction of sp³-hybridized carbons (Fsp3) is 0.600. The SMILES string of the molecule is COc1ccc(S(=O)(=O)N(CC[C@H](Cc2ccc(OCC3=C(c4sc5c(c4C(=O)OCC(C)C)CC(C)(C)CC5)CCC3)cc2)N(C(=O)OC(C)(C)C)C(C)(C)O)CC(C)C)cc1. The predicted octanol–water partition coefficient (Wildman–Crippen LogP) is 10.7. The summed E-state index contributed by atoms with van der Waals surface area (Å²) in [4.78, 5) is 31.5. The Morgan fingerprint density at radius 2 is 1.56 bits per heavy atom. The Morgan fingerprint density at radius 3 is 2.14 bits per heavy atom. The molecule has 63 heavy (non-hydrogen) atoms. The second-order valence-corrected chi connectivity index (χ2v) is 23.4. The van der Waals surface area contributed by atoms with Crippen molar-refractivity contribution < 1.29 is 42.1 Å². The largest absolute Gasteiger partial charge is 0.497 e. The number of sulfonamides is 1. The number of nitrogens with zero attached hydrogens (tertiary/aromatic N) is 2. The van der Waals surface area contributed by atoms with Gasteiger partial charge in [0.25, 0.3) is 0 Å². The normalized spacial score (nSPS) is 16.1. The number of amides is 1. The highest BCUT2D eigenvalue weighted by Gasteiger charge is 2.39. The first-order valence-corrected chi connectivity index (χ1v) is 24.8. The highest BCUT2D eigenvalue weighted by atomic mass is 32.2. The van der Waals surface area contributed by atoms with Crippen LogP contribution in [0.1, 0.15) is 140 Å². The lowest BCUT2D eigenvalue weighted by Gasteiger charge is -2.41. The molecule has 1 N–H and O–H groups in total. The number of allylic oxidation sites excluding steroid dienone is 1. The van der Waals surface area contributed by atoms with Crippen LogP contribution < -0.4 is 9.47 Å². The van der Waals surface area contributed by atoms with Gasteiger partial charge in [0.2, 0.25) is 10.0 Å². The van der Waals surface area contributed by atoms with Crippen LogP contribution in [0, 0.1) is 17.3 Å². The van der Waals surface area contributed by atoms with Crippen LogP contribution >= 0.6 is 11.3 Å². The minimum Gasteiger partial charge on any atom is -0.497 e. The maximum atomic E-state index is 14.1. The van der Waals surface area contributed by atoms with E-state index in [-0.39, 0.29) is 47.6 Å². The van der Waals surface area contributed by atoms with Crippen molar-refractivity contribution >= 4 is 39.0 Å². The van der Waals surface area contributed by atoms with E-state index in [1.807, 2.05) is 38.1 Å². The van der Waals surface area contributed by atoms with Gasteiger partial charge in [-0.3, -0.25) is 4.90 Å². The number of carbonyl (C=O) groups is 2. The van der Waals surface area contributed by atoms with Crippen LogP contribution in [-0.4, -0.2) is 85.6 Å². The van der Waals surface area contributed by atoms with Gasteiger partial charge in [-0.1, -0.05) is 53.7 Å². The fourth-order valence-electron chi connectivity index (χ4n) is 8.43. The number of aryl methyl sites for hydroxylation is 1. The van der Waals surface area contributed by atoms with E-state index in [9.17, 15) is 23.1 Å². The van der Waals surface area contributed by atoms with Gasteiger partial charge in [0.05, 0.1) is 24.2 Å². The molecular weight excluding hydrogens is 837 g/mol. The number of aliphatic hydroxyl groups is 1. The van der Waals surface area contributed by atoms with E-state index in [2.05, 4.69) is 27.7 Å². The Kier molecular flexibility index (Phi) is 16.3. The Morgan fingerprint density at radius 1 is 0.905 bits per heavy atom. The maximum absolute atomic E-state index is 14.1. The monoisotopic (exact) mass is 908 g/mol. The van der Waals surface area contributed by atoms with Crippen LogP contribution in [0.3, 0.4) is 0 Å². The fourth-order valence-corrected chi connectivity index (χ4v) is 11.5. The molecule has 2 aliphatic rings. The number of esters is 1. The molecule has 5 rings (SSSR count). The average Bonchev–Trinajstić information content (AvgIpc) is 3.80. The smallest absolute Gasteiger partial charge is 0.412 e. The molecule has 0 aliphatic heterocycles. The van der Waals surface area contributed by atoms with Crippen LogP contribution in [0.15, 0.2) is 59.0 Å². The minimum atomic E-state index is -3.92. The van der Waals surface area contributed by atoms with Gasteiger partial charge in [0.1, 0.15) is 29.4 Å². The summed E-state index contributed by atoms with van der Waals surface area (Å²) in [5, 5.41) is 11.5. The number of hydrogen-bond donors (Lipinski definition) is 1. The number of fused-ring (bicyclic) bond motifs is 1. The zero-order valence-corrected chi connectivity index (χ0v) is 41.4. The summed E-state index contributed by atoms with van der Waals surface area (Å²) in [6.07, 6.45) is 5.53. The summed E-state index contributed by atoms with van der Waals surface area (Å²) < 4.78 is 53.0. The van der Waals surface area contributed by atoms with Gasteiger partial charge >= 0.3 is 12.1 Å². The molecule has 0 saturated carbocycles. The van der Waals surface area contributed by atoms with E-state index in [0.717, 1.165) is 60.1 Å². The van der Waals surface area contributed by atoms with E-state index >= 15 is 0 Å². The Labute approximate surface area is 381 Å². The number of carbonyl (C=O) groups excluding carboxylic acids is 2. The molecule has 0 bridgehead atoms. The predicted molar refractivity (Wildman–Crippen MR) is 251 cm³/mol. The van der Waals surface area contributed by atoms with E-state index in [0.29, 0.717) is 31.1 Å². The van der Waals surface area contributed by atoms with Crippen LogP contribution in [0.25, 0.3) is 5.57 Å². The van der Waals surface area contributed by atoms with Crippen molar-refractivity contribution in [3.05, 3.63) is 80.5 Å².